The van der Waals surface area contributed by atoms with E-state index in [1.807, 2.05) is 13.8 Å². The molecule has 3 heteroatoms. The standard InChI is InChI=1S/C7H16O2.Pd/c1-3-7(9)4-6(2)5-8;/h6-9H,3-5H2,1-2H3;. The molecular weight excluding hydrogens is 222 g/mol. The molecule has 0 aromatic heterocycles. The molecule has 0 bridgehead atoms. The maximum Gasteiger partial charge on any atom is 0.0541 e. The Bertz CT molecular complexity index is 60.6. The van der Waals surface area contributed by atoms with Crippen LogP contribution in [0.15, 0.2) is 0 Å². The summed E-state index contributed by atoms with van der Waals surface area (Å²) in [5.41, 5.74) is 0. The monoisotopic (exact) mass is 238 g/mol. The fraction of sp³-hybridized carbons (Fsp3) is 1.00. The summed E-state index contributed by atoms with van der Waals surface area (Å²) < 4.78 is 0. The van der Waals surface area contributed by atoms with Gasteiger partial charge in [-0.3, -0.25) is 0 Å². The molecule has 0 heterocycles. The van der Waals surface area contributed by atoms with Crippen LogP contribution in [0.25, 0.3) is 0 Å². The van der Waals surface area contributed by atoms with E-state index in [9.17, 15) is 0 Å². The van der Waals surface area contributed by atoms with Crippen molar-refractivity contribution in [2.45, 2.75) is 32.8 Å². The minimum absolute atomic E-state index is 0. The van der Waals surface area contributed by atoms with E-state index in [-0.39, 0.29) is 39.1 Å². The summed E-state index contributed by atoms with van der Waals surface area (Å²) in [4.78, 5) is 0. The van der Waals surface area contributed by atoms with Crippen LogP contribution in [-0.4, -0.2) is 22.9 Å². The summed E-state index contributed by atoms with van der Waals surface area (Å²) in [5, 5.41) is 17.6. The number of aliphatic hydroxyl groups is 2. The maximum atomic E-state index is 9.05. The van der Waals surface area contributed by atoms with Crippen LogP contribution in [0.3, 0.4) is 0 Å². The first-order chi connectivity index (χ1) is 4.20. The molecule has 0 aliphatic carbocycles. The predicted molar refractivity (Wildman–Crippen MR) is 37.2 cm³/mol. The Kier molecular flexibility index (Phi) is 10.1. The van der Waals surface area contributed by atoms with Crippen molar-refractivity contribution in [1.82, 2.24) is 0 Å². The topological polar surface area (TPSA) is 40.5 Å². The molecule has 2 atom stereocenters. The van der Waals surface area contributed by atoms with Gasteiger partial charge >= 0.3 is 0 Å². The van der Waals surface area contributed by atoms with Gasteiger partial charge in [-0.15, -0.1) is 0 Å². The normalized spacial score (nSPS) is 15.6. The summed E-state index contributed by atoms with van der Waals surface area (Å²) in [7, 11) is 0. The molecule has 0 rings (SSSR count). The van der Waals surface area contributed by atoms with Gasteiger partial charge in [0.1, 0.15) is 0 Å². The van der Waals surface area contributed by atoms with Crippen LogP contribution >= 0.6 is 0 Å². The third kappa shape index (κ3) is 6.70. The van der Waals surface area contributed by atoms with Crippen LogP contribution in [0.2, 0.25) is 0 Å². The van der Waals surface area contributed by atoms with E-state index in [1.165, 1.54) is 0 Å². The van der Waals surface area contributed by atoms with E-state index in [0.29, 0.717) is 6.42 Å². The molecule has 66 valence electrons. The SMILES string of the molecule is CCC(O)CC(C)CO.[Pd]. The fourth-order valence-electron chi connectivity index (χ4n) is 0.706. The average molecular weight is 239 g/mol. The van der Waals surface area contributed by atoms with E-state index < -0.39 is 0 Å². The van der Waals surface area contributed by atoms with Crippen LogP contribution in [0.1, 0.15) is 26.7 Å². The zero-order valence-electron chi connectivity index (χ0n) is 6.49. The second kappa shape index (κ2) is 7.69. The van der Waals surface area contributed by atoms with Gasteiger partial charge in [0.25, 0.3) is 0 Å². The molecule has 0 aliphatic rings. The van der Waals surface area contributed by atoms with Crippen molar-refractivity contribution in [2.75, 3.05) is 6.61 Å². The van der Waals surface area contributed by atoms with Gasteiger partial charge in [-0.2, -0.15) is 0 Å². The van der Waals surface area contributed by atoms with Crippen molar-refractivity contribution in [1.29, 1.82) is 0 Å². The fourth-order valence-corrected chi connectivity index (χ4v) is 0.706. The van der Waals surface area contributed by atoms with Crippen LogP contribution in [0.4, 0.5) is 0 Å². The third-order valence-corrected chi connectivity index (χ3v) is 1.46. The number of aliphatic hydroxyl groups excluding tert-OH is 2. The second-order valence-electron chi connectivity index (χ2n) is 2.59. The minimum Gasteiger partial charge on any atom is -0.396 e. The maximum absolute atomic E-state index is 9.05. The van der Waals surface area contributed by atoms with E-state index in [1.54, 1.807) is 0 Å². The summed E-state index contributed by atoms with van der Waals surface area (Å²) >= 11 is 0. The number of hydrogen-bond donors (Lipinski definition) is 2. The Balaban J connectivity index is 0. The molecule has 0 saturated carbocycles. The van der Waals surface area contributed by atoms with Crippen LogP contribution < -0.4 is 0 Å². The van der Waals surface area contributed by atoms with E-state index in [0.717, 1.165) is 6.42 Å². The Labute approximate surface area is 76.3 Å². The van der Waals surface area contributed by atoms with Crippen molar-refractivity contribution in [3.63, 3.8) is 0 Å². The van der Waals surface area contributed by atoms with Gasteiger partial charge in [-0.25, -0.2) is 0 Å². The molecule has 0 aromatic rings. The first-order valence-corrected chi connectivity index (χ1v) is 3.49. The molecule has 10 heavy (non-hydrogen) atoms. The summed E-state index contributed by atoms with van der Waals surface area (Å²) in [6.45, 7) is 4.05. The predicted octanol–water partition coefficient (Wildman–Crippen LogP) is 0.773. The van der Waals surface area contributed by atoms with Gasteiger partial charge < -0.3 is 10.2 Å². The van der Waals surface area contributed by atoms with Gasteiger partial charge in [-0.05, 0) is 18.8 Å². The Hall–Kier alpha value is 0.582. The van der Waals surface area contributed by atoms with Gasteiger partial charge in [-0.1, -0.05) is 13.8 Å². The Morgan fingerprint density at radius 1 is 1.40 bits per heavy atom. The second-order valence-corrected chi connectivity index (χ2v) is 2.59. The van der Waals surface area contributed by atoms with Crippen molar-refractivity contribution in [3.8, 4) is 0 Å². The zero-order chi connectivity index (χ0) is 7.28. The first kappa shape index (κ1) is 13.2. The summed E-state index contributed by atoms with van der Waals surface area (Å²) in [6, 6.07) is 0. The first-order valence-electron chi connectivity index (χ1n) is 3.49. The molecular formula is C7H16O2Pd. The molecule has 0 saturated heterocycles. The summed E-state index contributed by atoms with van der Waals surface area (Å²) in [5.74, 6) is 0.236. The van der Waals surface area contributed by atoms with Crippen molar-refractivity contribution >= 4 is 0 Å². The van der Waals surface area contributed by atoms with Crippen molar-refractivity contribution in [3.05, 3.63) is 0 Å². The quantitative estimate of drug-likeness (QED) is 0.711. The molecule has 2 unspecified atom stereocenters. The third-order valence-electron chi connectivity index (χ3n) is 1.46. The van der Waals surface area contributed by atoms with E-state index >= 15 is 0 Å². The van der Waals surface area contributed by atoms with Crippen LogP contribution in [-0.2, 0) is 20.4 Å². The number of rotatable bonds is 4. The average Bonchev–Trinajstić information content (AvgIpc) is 1.87. The molecule has 2 N–H and O–H groups in total. The van der Waals surface area contributed by atoms with Gasteiger partial charge in [0.2, 0.25) is 0 Å². The molecule has 0 aliphatic heterocycles. The number of hydrogen-bond acceptors (Lipinski definition) is 2. The molecule has 0 aromatic carbocycles. The van der Waals surface area contributed by atoms with Crippen molar-refractivity contribution < 1.29 is 30.6 Å². The van der Waals surface area contributed by atoms with Crippen LogP contribution in [0, 0.1) is 5.92 Å². The van der Waals surface area contributed by atoms with Gasteiger partial charge in [0.15, 0.2) is 0 Å². The molecule has 0 amide bonds. The largest absolute Gasteiger partial charge is 0.396 e. The van der Waals surface area contributed by atoms with Gasteiger partial charge in [0, 0.05) is 27.0 Å². The minimum atomic E-state index is -0.229. The smallest absolute Gasteiger partial charge is 0.0541 e. The van der Waals surface area contributed by atoms with Crippen LogP contribution in [0.5, 0.6) is 0 Å². The Morgan fingerprint density at radius 2 is 1.90 bits per heavy atom. The van der Waals surface area contributed by atoms with Crippen molar-refractivity contribution in [2.24, 2.45) is 5.92 Å². The zero-order valence-corrected chi connectivity index (χ0v) is 8.04. The van der Waals surface area contributed by atoms with E-state index in [4.69, 9.17) is 10.2 Å². The molecule has 0 radical (unpaired) electrons. The Morgan fingerprint density at radius 3 is 2.20 bits per heavy atom. The molecule has 2 nitrogen and oxygen atoms in total. The summed E-state index contributed by atoms with van der Waals surface area (Å²) in [6.07, 6.45) is 1.27. The van der Waals surface area contributed by atoms with Gasteiger partial charge in [0.05, 0.1) is 6.10 Å². The molecule has 0 spiro atoms. The molecule has 0 fully saturated rings. The van der Waals surface area contributed by atoms with E-state index in [2.05, 4.69) is 0 Å².